The van der Waals surface area contributed by atoms with Gasteiger partial charge in [0.05, 0.1) is 5.75 Å². The molecule has 0 aliphatic carbocycles. The Bertz CT molecular complexity index is 727. The summed E-state index contributed by atoms with van der Waals surface area (Å²) < 4.78 is 2.09. The molecule has 0 atom stereocenters. The molecule has 2 rings (SSSR count). The molecule has 0 radical (unpaired) electrons. The lowest BCUT2D eigenvalue weighted by molar-refractivity contribution is -0.113. The van der Waals surface area contributed by atoms with Gasteiger partial charge in [0.15, 0.2) is 5.16 Å². The molecule has 0 unspecified atom stereocenters. The van der Waals surface area contributed by atoms with E-state index in [1.807, 2.05) is 13.0 Å². The Morgan fingerprint density at radius 1 is 1.29 bits per heavy atom. The van der Waals surface area contributed by atoms with Crippen LogP contribution in [0.2, 0.25) is 5.02 Å². The van der Waals surface area contributed by atoms with Gasteiger partial charge < -0.3 is 9.88 Å². The van der Waals surface area contributed by atoms with E-state index in [9.17, 15) is 4.79 Å². The van der Waals surface area contributed by atoms with E-state index in [4.69, 9.17) is 11.6 Å². The zero-order valence-electron chi connectivity index (χ0n) is 14.6. The molecule has 7 heteroatoms. The Kier molecular flexibility index (Phi) is 6.29. The van der Waals surface area contributed by atoms with Crippen molar-refractivity contribution in [1.29, 1.82) is 0 Å². The van der Waals surface area contributed by atoms with E-state index in [-0.39, 0.29) is 23.6 Å². The molecular formula is C17H23ClN4OS. The van der Waals surface area contributed by atoms with Gasteiger partial charge in [0.1, 0.15) is 5.82 Å². The van der Waals surface area contributed by atoms with Gasteiger partial charge in [-0.15, -0.1) is 10.2 Å². The topological polar surface area (TPSA) is 59.8 Å². The van der Waals surface area contributed by atoms with Crippen molar-refractivity contribution in [3.05, 3.63) is 34.6 Å². The maximum Gasteiger partial charge on any atom is 0.234 e. The standard InChI is InChI=1S/C17H23ClN4OS/c1-10(2)16-20-21-17(22(16)11(3)4)24-9-15(23)19-14-8-13(18)7-6-12(14)5/h6-8,10-11H,9H2,1-5H3,(H,19,23). The van der Waals surface area contributed by atoms with Crippen LogP contribution < -0.4 is 5.32 Å². The fraction of sp³-hybridized carbons (Fsp3) is 0.471. The number of hydrogen-bond acceptors (Lipinski definition) is 4. The molecule has 130 valence electrons. The number of rotatable bonds is 6. The molecule has 0 aliphatic rings. The van der Waals surface area contributed by atoms with E-state index >= 15 is 0 Å². The number of anilines is 1. The normalized spacial score (nSPS) is 11.3. The van der Waals surface area contributed by atoms with Gasteiger partial charge >= 0.3 is 0 Å². The summed E-state index contributed by atoms with van der Waals surface area (Å²) in [6, 6.07) is 5.69. The fourth-order valence-electron chi connectivity index (χ4n) is 2.31. The molecule has 0 aliphatic heterocycles. The molecule has 0 fully saturated rings. The summed E-state index contributed by atoms with van der Waals surface area (Å²) >= 11 is 7.38. The number of carbonyl (C=O) groups is 1. The summed E-state index contributed by atoms with van der Waals surface area (Å²) in [4.78, 5) is 12.2. The fourth-order valence-corrected chi connectivity index (χ4v) is 3.36. The molecule has 0 saturated heterocycles. The second-order valence-corrected chi connectivity index (χ2v) is 7.63. The number of nitrogens with zero attached hydrogens (tertiary/aromatic N) is 3. The van der Waals surface area contributed by atoms with E-state index in [1.54, 1.807) is 12.1 Å². The first kappa shape index (κ1) is 18.8. The highest BCUT2D eigenvalue weighted by molar-refractivity contribution is 7.99. The predicted octanol–water partition coefficient (Wildman–Crippen LogP) is 4.68. The number of benzene rings is 1. The molecule has 24 heavy (non-hydrogen) atoms. The minimum absolute atomic E-state index is 0.0882. The number of thioether (sulfide) groups is 1. The van der Waals surface area contributed by atoms with Crippen molar-refractivity contribution in [2.75, 3.05) is 11.1 Å². The molecule has 2 aromatic rings. The van der Waals surface area contributed by atoms with Crippen LogP contribution in [-0.2, 0) is 4.79 Å². The summed E-state index contributed by atoms with van der Waals surface area (Å²) in [5.74, 6) is 1.42. The quantitative estimate of drug-likeness (QED) is 0.754. The number of hydrogen-bond donors (Lipinski definition) is 1. The van der Waals surface area contributed by atoms with Crippen LogP contribution in [-0.4, -0.2) is 26.4 Å². The third-order valence-corrected chi connectivity index (χ3v) is 4.71. The van der Waals surface area contributed by atoms with Crippen molar-refractivity contribution in [2.45, 2.75) is 51.7 Å². The highest BCUT2D eigenvalue weighted by Gasteiger charge is 2.18. The van der Waals surface area contributed by atoms with Gasteiger partial charge in [-0.05, 0) is 38.5 Å². The summed E-state index contributed by atoms with van der Waals surface area (Å²) in [6.07, 6.45) is 0. The molecule has 1 N–H and O–H groups in total. The molecule has 1 amide bonds. The molecule has 0 saturated carbocycles. The summed E-state index contributed by atoms with van der Waals surface area (Å²) in [6.45, 7) is 10.3. The Labute approximate surface area is 152 Å². The smallest absolute Gasteiger partial charge is 0.234 e. The zero-order chi connectivity index (χ0) is 17.9. The lowest BCUT2D eigenvalue weighted by Crippen LogP contribution is -2.16. The first-order chi connectivity index (χ1) is 11.3. The average Bonchev–Trinajstić information content (AvgIpc) is 2.93. The summed E-state index contributed by atoms with van der Waals surface area (Å²) in [7, 11) is 0. The van der Waals surface area contributed by atoms with Gasteiger partial charge in [-0.25, -0.2) is 0 Å². The van der Waals surface area contributed by atoms with Crippen molar-refractivity contribution in [2.24, 2.45) is 0 Å². The molecular weight excluding hydrogens is 344 g/mol. The second kappa shape index (κ2) is 8.03. The third kappa shape index (κ3) is 4.51. The molecule has 1 aromatic heterocycles. The van der Waals surface area contributed by atoms with Crippen molar-refractivity contribution in [3.8, 4) is 0 Å². The van der Waals surface area contributed by atoms with Gasteiger partial charge in [-0.3, -0.25) is 4.79 Å². The summed E-state index contributed by atoms with van der Waals surface area (Å²) in [5, 5.41) is 12.8. The molecule has 5 nitrogen and oxygen atoms in total. The number of halogens is 1. The largest absolute Gasteiger partial charge is 0.325 e. The van der Waals surface area contributed by atoms with E-state index in [0.717, 1.165) is 22.2 Å². The predicted molar refractivity (Wildman–Crippen MR) is 100 cm³/mol. The highest BCUT2D eigenvalue weighted by Crippen LogP contribution is 2.26. The first-order valence-corrected chi connectivity index (χ1v) is 9.29. The van der Waals surface area contributed by atoms with Gasteiger partial charge in [-0.1, -0.05) is 43.3 Å². The number of aryl methyl sites for hydroxylation is 1. The molecule has 1 heterocycles. The molecule has 0 bridgehead atoms. The van der Waals surface area contributed by atoms with Crippen LogP contribution in [0.25, 0.3) is 0 Å². The van der Waals surface area contributed by atoms with Crippen molar-refractivity contribution >= 4 is 35.0 Å². The monoisotopic (exact) mass is 366 g/mol. The maximum absolute atomic E-state index is 12.2. The van der Waals surface area contributed by atoms with Crippen molar-refractivity contribution < 1.29 is 4.79 Å². The zero-order valence-corrected chi connectivity index (χ0v) is 16.2. The van der Waals surface area contributed by atoms with Gasteiger partial charge in [0.2, 0.25) is 5.91 Å². The number of nitrogens with one attached hydrogen (secondary N) is 1. The SMILES string of the molecule is Cc1ccc(Cl)cc1NC(=O)CSc1nnc(C(C)C)n1C(C)C. The molecule has 0 spiro atoms. The average molecular weight is 367 g/mol. The van der Waals surface area contributed by atoms with E-state index < -0.39 is 0 Å². The Balaban J connectivity index is 2.05. The van der Waals surface area contributed by atoms with Crippen LogP contribution >= 0.6 is 23.4 Å². The number of amides is 1. The van der Waals surface area contributed by atoms with E-state index in [0.29, 0.717) is 5.02 Å². The van der Waals surface area contributed by atoms with Crippen LogP contribution in [0.5, 0.6) is 0 Å². The van der Waals surface area contributed by atoms with Gasteiger partial charge in [-0.2, -0.15) is 0 Å². The van der Waals surface area contributed by atoms with Crippen LogP contribution in [0.15, 0.2) is 23.4 Å². The van der Waals surface area contributed by atoms with E-state index in [2.05, 4.69) is 47.8 Å². The van der Waals surface area contributed by atoms with Gasteiger partial charge in [0.25, 0.3) is 0 Å². The van der Waals surface area contributed by atoms with Crippen LogP contribution in [0.4, 0.5) is 5.69 Å². The summed E-state index contributed by atoms with van der Waals surface area (Å²) in [5.41, 5.74) is 1.71. The van der Waals surface area contributed by atoms with Crippen LogP contribution in [0.1, 0.15) is 51.0 Å². The highest BCUT2D eigenvalue weighted by atomic mass is 35.5. The number of carbonyl (C=O) groups excluding carboxylic acids is 1. The van der Waals surface area contributed by atoms with Gasteiger partial charge in [0, 0.05) is 22.7 Å². The Morgan fingerprint density at radius 2 is 2.00 bits per heavy atom. The maximum atomic E-state index is 12.2. The Morgan fingerprint density at radius 3 is 2.62 bits per heavy atom. The van der Waals surface area contributed by atoms with Crippen molar-refractivity contribution in [1.82, 2.24) is 14.8 Å². The lowest BCUT2D eigenvalue weighted by Gasteiger charge is -2.15. The second-order valence-electron chi connectivity index (χ2n) is 6.26. The molecule has 1 aromatic carbocycles. The van der Waals surface area contributed by atoms with Crippen LogP contribution in [0, 0.1) is 6.92 Å². The lowest BCUT2D eigenvalue weighted by atomic mass is 10.2. The van der Waals surface area contributed by atoms with Crippen LogP contribution in [0.3, 0.4) is 0 Å². The Hall–Kier alpha value is -1.53. The first-order valence-electron chi connectivity index (χ1n) is 7.93. The third-order valence-electron chi connectivity index (χ3n) is 3.53. The minimum Gasteiger partial charge on any atom is -0.325 e. The van der Waals surface area contributed by atoms with Crippen molar-refractivity contribution in [3.63, 3.8) is 0 Å². The number of aromatic nitrogens is 3. The minimum atomic E-state index is -0.0882. The van der Waals surface area contributed by atoms with E-state index in [1.165, 1.54) is 11.8 Å².